The van der Waals surface area contributed by atoms with Gasteiger partial charge in [-0.15, -0.1) is 0 Å². The van der Waals surface area contributed by atoms with E-state index in [1.807, 2.05) is 6.07 Å². The molecule has 1 atom stereocenters. The second-order valence-corrected chi connectivity index (χ2v) is 4.97. The van der Waals surface area contributed by atoms with Crippen LogP contribution in [0.4, 0.5) is 8.78 Å². The van der Waals surface area contributed by atoms with E-state index in [4.69, 9.17) is 0 Å². The summed E-state index contributed by atoms with van der Waals surface area (Å²) in [4.78, 5) is 4.25. The molecule has 22 heavy (non-hydrogen) atoms. The predicted octanol–water partition coefficient (Wildman–Crippen LogP) is 2.54. The van der Waals surface area contributed by atoms with E-state index in [2.05, 4.69) is 4.98 Å². The first-order chi connectivity index (χ1) is 10.6. The molecular weight excluding hydrogens is 290 g/mol. The molecule has 3 rings (SSSR count). The van der Waals surface area contributed by atoms with Gasteiger partial charge in [0.1, 0.15) is 24.1 Å². The summed E-state index contributed by atoms with van der Waals surface area (Å²) in [5, 5.41) is 19.6. The number of halogens is 2. The average molecular weight is 304 g/mol. The molecule has 0 aliphatic carbocycles. The van der Waals surface area contributed by atoms with Crippen LogP contribution >= 0.6 is 0 Å². The molecule has 4 nitrogen and oxygen atoms in total. The molecule has 0 fully saturated rings. The lowest BCUT2D eigenvalue weighted by atomic mass is 10.1. The Morgan fingerprint density at radius 3 is 2.68 bits per heavy atom. The lowest BCUT2D eigenvalue weighted by Crippen LogP contribution is -2.13. The number of aliphatic hydroxyl groups is 2. The zero-order chi connectivity index (χ0) is 15.7. The molecule has 3 aromatic rings. The molecule has 0 unspecified atom stereocenters. The van der Waals surface area contributed by atoms with Crippen LogP contribution < -0.4 is 0 Å². The number of imidazole rings is 1. The second kappa shape index (κ2) is 5.82. The number of aliphatic hydroxyl groups excluding tert-OH is 2. The summed E-state index contributed by atoms with van der Waals surface area (Å²) in [6, 6.07) is 10.1. The highest BCUT2D eigenvalue weighted by Crippen LogP contribution is 2.23. The largest absolute Gasteiger partial charge is 0.388 e. The summed E-state index contributed by atoms with van der Waals surface area (Å²) in [5.74, 6) is -0.936. The van der Waals surface area contributed by atoms with Crippen LogP contribution in [0.5, 0.6) is 0 Å². The maximum absolute atomic E-state index is 13.7. The van der Waals surface area contributed by atoms with E-state index >= 15 is 0 Å². The molecule has 0 spiro atoms. The first-order valence-electron chi connectivity index (χ1n) is 6.78. The van der Waals surface area contributed by atoms with Crippen LogP contribution in [0.1, 0.15) is 17.5 Å². The van der Waals surface area contributed by atoms with E-state index in [1.54, 1.807) is 22.8 Å². The topological polar surface area (TPSA) is 58.3 Å². The van der Waals surface area contributed by atoms with E-state index in [0.29, 0.717) is 16.9 Å². The first kappa shape index (κ1) is 14.6. The van der Waals surface area contributed by atoms with Crippen molar-refractivity contribution in [3.05, 3.63) is 65.5 Å². The van der Waals surface area contributed by atoms with Crippen molar-refractivity contribution in [2.24, 2.45) is 0 Å². The third-order valence-corrected chi connectivity index (χ3v) is 3.55. The number of hydrogen-bond acceptors (Lipinski definition) is 3. The fourth-order valence-electron chi connectivity index (χ4n) is 2.49. The average Bonchev–Trinajstić information content (AvgIpc) is 2.87. The minimum Gasteiger partial charge on any atom is -0.388 e. The van der Waals surface area contributed by atoms with Crippen molar-refractivity contribution < 1.29 is 19.0 Å². The molecule has 1 heterocycles. The normalized spacial score (nSPS) is 12.7. The highest BCUT2D eigenvalue weighted by atomic mass is 19.1. The van der Waals surface area contributed by atoms with Crippen molar-refractivity contribution in [3.63, 3.8) is 0 Å². The van der Waals surface area contributed by atoms with E-state index in [9.17, 15) is 19.0 Å². The molecule has 2 N–H and O–H groups in total. The lowest BCUT2D eigenvalue weighted by molar-refractivity contribution is 0.149. The van der Waals surface area contributed by atoms with Gasteiger partial charge >= 0.3 is 0 Å². The van der Waals surface area contributed by atoms with Gasteiger partial charge in [0, 0.05) is 5.56 Å². The lowest BCUT2D eigenvalue weighted by Gasteiger charge is -2.15. The molecule has 0 amide bonds. The van der Waals surface area contributed by atoms with Crippen LogP contribution in [0, 0.1) is 11.6 Å². The van der Waals surface area contributed by atoms with Gasteiger partial charge in [0.25, 0.3) is 0 Å². The standard InChI is InChI=1S/C16H14F2N2O2/c17-10-5-6-12(18)11(7-10)15(22)8-20-14-4-2-1-3-13(14)19-16(20)9-21/h1-7,15,21-22H,8-9H2/t15-/m0/s1. The van der Waals surface area contributed by atoms with Crippen LogP contribution in [-0.2, 0) is 13.2 Å². The van der Waals surface area contributed by atoms with Gasteiger partial charge in [0.2, 0.25) is 0 Å². The first-order valence-corrected chi connectivity index (χ1v) is 6.78. The Balaban J connectivity index is 2.00. The van der Waals surface area contributed by atoms with E-state index in [1.165, 1.54) is 0 Å². The summed E-state index contributed by atoms with van der Waals surface area (Å²) < 4.78 is 28.6. The molecule has 1 aromatic heterocycles. The Morgan fingerprint density at radius 2 is 1.91 bits per heavy atom. The fraction of sp³-hybridized carbons (Fsp3) is 0.188. The Kier molecular flexibility index (Phi) is 3.87. The van der Waals surface area contributed by atoms with Gasteiger partial charge in [-0.05, 0) is 30.3 Å². The molecular formula is C16H14F2N2O2. The van der Waals surface area contributed by atoms with Gasteiger partial charge in [0.05, 0.1) is 23.7 Å². The summed E-state index contributed by atoms with van der Waals surface area (Å²) in [5.41, 5.74) is 1.25. The fourth-order valence-corrected chi connectivity index (χ4v) is 2.49. The maximum Gasteiger partial charge on any atom is 0.135 e. The predicted molar refractivity (Wildman–Crippen MR) is 77.0 cm³/mol. The summed E-state index contributed by atoms with van der Waals surface area (Å²) >= 11 is 0. The van der Waals surface area contributed by atoms with Gasteiger partial charge in [-0.25, -0.2) is 13.8 Å². The van der Waals surface area contributed by atoms with E-state index in [-0.39, 0.29) is 18.7 Å². The van der Waals surface area contributed by atoms with E-state index < -0.39 is 17.7 Å². The summed E-state index contributed by atoms with van der Waals surface area (Å²) in [6.45, 7) is -0.343. The third kappa shape index (κ3) is 2.58. The van der Waals surface area contributed by atoms with Crippen molar-refractivity contribution in [1.82, 2.24) is 9.55 Å². The van der Waals surface area contributed by atoms with Gasteiger partial charge in [-0.1, -0.05) is 12.1 Å². The van der Waals surface area contributed by atoms with Crippen LogP contribution in [0.2, 0.25) is 0 Å². The molecule has 0 aliphatic rings. The molecule has 114 valence electrons. The highest BCUT2D eigenvalue weighted by Gasteiger charge is 2.18. The smallest absolute Gasteiger partial charge is 0.135 e. The van der Waals surface area contributed by atoms with Crippen LogP contribution in [0.3, 0.4) is 0 Å². The zero-order valence-corrected chi connectivity index (χ0v) is 11.6. The van der Waals surface area contributed by atoms with Gasteiger partial charge in [0.15, 0.2) is 0 Å². The molecule has 2 aromatic carbocycles. The number of fused-ring (bicyclic) bond motifs is 1. The SMILES string of the molecule is OCc1nc2ccccc2n1C[C@H](O)c1cc(F)ccc1F. The number of benzene rings is 2. The van der Waals surface area contributed by atoms with Crippen LogP contribution in [0.25, 0.3) is 11.0 Å². The maximum atomic E-state index is 13.7. The monoisotopic (exact) mass is 304 g/mol. The summed E-state index contributed by atoms with van der Waals surface area (Å²) in [7, 11) is 0. The Bertz CT molecular complexity index is 817. The Labute approximate surface area is 125 Å². The minimum atomic E-state index is -1.25. The molecule has 0 bridgehead atoms. The molecule has 6 heteroatoms. The Morgan fingerprint density at radius 1 is 1.14 bits per heavy atom. The number of rotatable bonds is 4. The van der Waals surface area contributed by atoms with Crippen LogP contribution in [0.15, 0.2) is 42.5 Å². The number of nitrogens with zero attached hydrogens (tertiary/aromatic N) is 2. The van der Waals surface area contributed by atoms with Gasteiger partial charge in [-0.2, -0.15) is 0 Å². The number of aromatic nitrogens is 2. The van der Waals surface area contributed by atoms with Crippen molar-refractivity contribution in [2.45, 2.75) is 19.3 Å². The van der Waals surface area contributed by atoms with Crippen molar-refractivity contribution in [2.75, 3.05) is 0 Å². The minimum absolute atomic E-state index is 0.0310. The number of para-hydroxylation sites is 2. The molecule has 0 radical (unpaired) electrons. The van der Waals surface area contributed by atoms with Crippen molar-refractivity contribution >= 4 is 11.0 Å². The summed E-state index contributed by atoms with van der Waals surface area (Å²) in [6.07, 6.45) is -1.25. The van der Waals surface area contributed by atoms with Crippen molar-refractivity contribution in [3.8, 4) is 0 Å². The molecule has 0 saturated heterocycles. The Hall–Kier alpha value is -2.31. The zero-order valence-electron chi connectivity index (χ0n) is 11.6. The van der Waals surface area contributed by atoms with Gasteiger partial charge in [-0.3, -0.25) is 0 Å². The quantitative estimate of drug-likeness (QED) is 0.779. The molecule has 0 saturated carbocycles. The second-order valence-electron chi connectivity index (χ2n) is 4.97. The van der Waals surface area contributed by atoms with Crippen LogP contribution in [-0.4, -0.2) is 19.8 Å². The van der Waals surface area contributed by atoms with Gasteiger partial charge < -0.3 is 14.8 Å². The van der Waals surface area contributed by atoms with Crippen molar-refractivity contribution in [1.29, 1.82) is 0 Å². The number of hydrogen-bond donors (Lipinski definition) is 2. The highest BCUT2D eigenvalue weighted by molar-refractivity contribution is 5.75. The van der Waals surface area contributed by atoms with E-state index in [0.717, 1.165) is 18.2 Å². The third-order valence-electron chi connectivity index (χ3n) is 3.55. The molecule has 0 aliphatic heterocycles.